The summed E-state index contributed by atoms with van der Waals surface area (Å²) in [5.74, 6) is 1.26. The molecule has 1 aromatic heterocycles. The second-order valence-electron chi connectivity index (χ2n) is 4.16. The lowest BCUT2D eigenvalue weighted by atomic mass is 10.0. The Bertz CT molecular complexity index is 306. The molecule has 0 amide bonds. The van der Waals surface area contributed by atoms with Crippen molar-refractivity contribution in [3.63, 3.8) is 0 Å². The molecule has 1 saturated heterocycles. The lowest BCUT2D eigenvalue weighted by Crippen LogP contribution is -2.36. The van der Waals surface area contributed by atoms with Crippen LogP contribution in [0.3, 0.4) is 0 Å². The zero-order valence-corrected chi connectivity index (χ0v) is 9.91. The Morgan fingerprint density at radius 1 is 1.67 bits per heavy atom. The summed E-state index contributed by atoms with van der Waals surface area (Å²) < 4.78 is 1.73. The summed E-state index contributed by atoms with van der Waals surface area (Å²) in [6, 6.07) is 0.229. The van der Waals surface area contributed by atoms with Gasteiger partial charge in [-0.3, -0.25) is 4.68 Å². The molecule has 0 radical (unpaired) electrons. The third-order valence-corrected chi connectivity index (χ3v) is 4.33. The van der Waals surface area contributed by atoms with Gasteiger partial charge in [-0.2, -0.15) is 11.8 Å². The molecule has 1 aliphatic heterocycles. The first kappa shape index (κ1) is 11.0. The predicted molar refractivity (Wildman–Crippen MR) is 62.8 cm³/mol. The zero-order valence-electron chi connectivity index (χ0n) is 9.09. The van der Waals surface area contributed by atoms with Crippen molar-refractivity contribution < 1.29 is 0 Å². The Morgan fingerprint density at radius 2 is 2.53 bits per heavy atom. The van der Waals surface area contributed by atoms with Gasteiger partial charge in [-0.25, -0.2) is 0 Å². The second kappa shape index (κ2) is 4.99. The Morgan fingerprint density at radius 3 is 3.13 bits per heavy atom. The predicted octanol–water partition coefficient (Wildman–Crippen LogP) is 0.971. The van der Waals surface area contributed by atoms with E-state index in [9.17, 15) is 0 Å². The Kier molecular flexibility index (Phi) is 3.64. The van der Waals surface area contributed by atoms with E-state index >= 15 is 0 Å². The molecule has 0 saturated carbocycles. The molecule has 15 heavy (non-hydrogen) atoms. The van der Waals surface area contributed by atoms with Crippen LogP contribution in [0.5, 0.6) is 0 Å². The van der Waals surface area contributed by atoms with Crippen LogP contribution in [0, 0.1) is 0 Å². The van der Waals surface area contributed by atoms with Crippen LogP contribution in [0.1, 0.15) is 25.0 Å². The van der Waals surface area contributed by atoms with Gasteiger partial charge in [0.25, 0.3) is 0 Å². The summed E-state index contributed by atoms with van der Waals surface area (Å²) in [5.41, 5.74) is 7.20. The van der Waals surface area contributed by atoms with Crippen LogP contribution in [0.2, 0.25) is 0 Å². The van der Waals surface area contributed by atoms with Gasteiger partial charge in [-0.15, -0.1) is 5.10 Å². The molecular weight excluding hydrogens is 208 g/mol. The summed E-state index contributed by atoms with van der Waals surface area (Å²) in [6.45, 7) is 0. The first-order valence-electron chi connectivity index (χ1n) is 5.48. The minimum absolute atomic E-state index is 0.229. The molecule has 84 valence electrons. The smallest absolute Gasteiger partial charge is 0.0842 e. The van der Waals surface area contributed by atoms with Crippen molar-refractivity contribution in [2.45, 2.75) is 37.0 Å². The molecule has 0 bridgehead atoms. The van der Waals surface area contributed by atoms with E-state index in [1.165, 1.54) is 25.0 Å². The van der Waals surface area contributed by atoms with Crippen molar-refractivity contribution in [1.29, 1.82) is 0 Å². The van der Waals surface area contributed by atoms with Crippen LogP contribution in [-0.2, 0) is 13.5 Å². The van der Waals surface area contributed by atoms with Crippen molar-refractivity contribution in [1.82, 2.24) is 15.0 Å². The third-order valence-electron chi connectivity index (χ3n) is 2.79. The average molecular weight is 226 g/mol. The van der Waals surface area contributed by atoms with Gasteiger partial charge in [0, 0.05) is 31.0 Å². The standard InChI is InChI=1S/C10H18N4S/c1-14-7-8(12-13-14)6-9(11)10-4-2-3-5-15-10/h7,9-10H,2-6,11H2,1H3. The van der Waals surface area contributed by atoms with Crippen molar-refractivity contribution >= 4 is 11.8 Å². The SMILES string of the molecule is Cn1cc(CC(N)C2CCCCS2)nn1. The number of hydrogen-bond donors (Lipinski definition) is 1. The number of aromatic nitrogens is 3. The van der Waals surface area contributed by atoms with Gasteiger partial charge in [0.15, 0.2) is 0 Å². The molecular formula is C10H18N4S. The number of nitrogens with zero attached hydrogens (tertiary/aromatic N) is 3. The van der Waals surface area contributed by atoms with Gasteiger partial charge in [-0.1, -0.05) is 11.6 Å². The van der Waals surface area contributed by atoms with Crippen LogP contribution in [0.25, 0.3) is 0 Å². The molecule has 2 unspecified atom stereocenters. The van der Waals surface area contributed by atoms with Gasteiger partial charge in [-0.05, 0) is 18.6 Å². The number of hydrogen-bond acceptors (Lipinski definition) is 4. The highest BCUT2D eigenvalue weighted by Gasteiger charge is 2.21. The monoisotopic (exact) mass is 226 g/mol. The van der Waals surface area contributed by atoms with Crippen molar-refractivity contribution in [3.8, 4) is 0 Å². The second-order valence-corrected chi connectivity index (χ2v) is 5.50. The van der Waals surface area contributed by atoms with E-state index in [0.29, 0.717) is 5.25 Å². The molecule has 1 fully saturated rings. The number of thioether (sulfide) groups is 1. The van der Waals surface area contributed by atoms with Crippen molar-refractivity contribution in [2.75, 3.05) is 5.75 Å². The lowest BCUT2D eigenvalue weighted by molar-refractivity contribution is 0.555. The fourth-order valence-corrected chi connectivity index (χ4v) is 3.32. The molecule has 2 rings (SSSR count). The molecule has 0 aromatic carbocycles. The first-order chi connectivity index (χ1) is 7.25. The summed E-state index contributed by atoms with van der Waals surface area (Å²) >= 11 is 2.02. The van der Waals surface area contributed by atoms with Gasteiger partial charge < -0.3 is 5.73 Å². The van der Waals surface area contributed by atoms with Crippen LogP contribution in [0.4, 0.5) is 0 Å². The fraction of sp³-hybridized carbons (Fsp3) is 0.800. The molecule has 5 heteroatoms. The minimum Gasteiger partial charge on any atom is -0.326 e. The molecule has 1 aromatic rings. The van der Waals surface area contributed by atoms with Crippen LogP contribution < -0.4 is 5.73 Å². The topological polar surface area (TPSA) is 56.7 Å². The largest absolute Gasteiger partial charge is 0.326 e. The Labute approximate surface area is 94.6 Å². The Balaban J connectivity index is 1.88. The van der Waals surface area contributed by atoms with Crippen LogP contribution in [-0.4, -0.2) is 32.0 Å². The van der Waals surface area contributed by atoms with Gasteiger partial charge in [0.2, 0.25) is 0 Å². The van der Waals surface area contributed by atoms with E-state index in [4.69, 9.17) is 5.73 Å². The number of rotatable bonds is 3. The molecule has 2 atom stereocenters. The van der Waals surface area contributed by atoms with Gasteiger partial charge in [0.1, 0.15) is 0 Å². The Hall–Kier alpha value is -0.550. The molecule has 2 N–H and O–H groups in total. The highest BCUT2D eigenvalue weighted by molar-refractivity contribution is 8.00. The van der Waals surface area contributed by atoms with Crippen molar-refractivity contribution in [3.05, 3.63) is 11.9 Å². The summed E-state index contributed by atoms with van der Waals surface area (Å²) in [7, 11) is 1.89. The number of aryl methyl sites for hydroxylation is 1. The van der Waals surface area contributed by atoms with E-state index in [-0.39, 0.29) is 6.04 Å². The maximum Gasteiger partial charge on any atom is 0.0842 e. The van der Waals surface area contributed by atoms with Gasteiger partial charge in [0.05, 0.1) is 5.69 Å². The van der Waals surface area contributed by atoms with E-state index < -0.39 is 0 Å². The van der Waals surface area contributed by atoms with E-state index in [2.05, 4.69) is 10.3 Å². The quantitative estimate of drug-likeness (QED) is 0.834. The lowest BCUT2D eigenvalue weighted by Gasteiger charge is -2.26. The minimum atomic E-state index is 0.229. The average Bonchev–Trinajstić information content (AvgIpc) is 2.65. The first-order valence-corrected chi connectivity index (χ1v) is 6.53. The summed E-state index contributed by atoms with van der Waals surface area (Å²) in [6.07, 6.45) is 6.73. The van der Waals surface area contributed by atoms with E-state index in [1.54, 1.807) is 4.68 Å². The fourth-order valence-electron chi connectivity index (χ4n) is 1.97. The van der Waals surface area contributed by atoms with Crippen LogP contribution in [0.15, 0.2) is 6.20 Å². The van der Waals surface area contributed by atoms with Crippen molar-refractivity contribution in [2.24, 2.45) is 12.8 Å². The van der Waals surface area contributed by atoms with E-state index in [1.807, 2.05) is 25.0 Å². The summed E-state index contributed by atoms with van der Waals surface area (Å²) in [5, 5.41) is 8.61. The highest BCUT2D eigenvalue weighted by Crippen LogP contribution is 2.27. The zero-order chi connectivity index (χ0) is 10.7. The molecule has 0 spiro atoms. The molecule has 2 heterocycles. The molecule has 4 nitrogen and oxygen atoms in total. The maximum atomic E-state index is 6.19. The summed E-state index contributed by atoms with van der Waals surface area (Å²) in [4.78, 5) is 0. The molecule has 1 aliphatic rings. The highest BCUT2D eigenvalue weighted by atomic mass is 32.2. The van der Waals surface area contributed by atoms with Crippen LogP contribution >= 0.6 is 11.8 Å². The number of nitrogens with two attached hydrogens (primary N) is 1. The molecule has 0 aliphatic carbocycles. The van der Waals surface area contributed by atoms with Gasteiger partial charge >= 0.3 is 0 Å². The normalized spacial score (nSPS) is 24.0. The third kappa shape index (κ3) is 2.95. The van der Waals surface area contributed by atoms with E-state index in [0.717, 1.165) is 12.1 Å². The maximum absolute atomic E-state index is 6.19.